The third kappa shape index (κ3) is 1.59. The quantitative estimate of drug-likeness (QED) is 0.710. The number of Topliss-reactive ketones (excluding diaryl/α,β-unsaturated/α-hetero) is 1. The maximum Gasteiger partial charge on any atom is 0.135 e. The molecule has 1 aromatic rings. The van der Waals surface area contributed by atoms with Crippen LogP contribution in [0.5, 0.6) is 0 Å². The number of hydrogen-bond donors (Lipinski definition) is 0. The van der Waals surface area contributed by atoms with Crippen LogP contribution >= 0.6 is 0 Å². The van der Waals surface area contributed by atoms with E-state index in [1.54, 1.807) is 6.92 Å². The molecule has 0 saturated carbocycles. The highest BCUT2D eigenvalue weighted by molar-refractivity contribution is 5.78. The fourth-order valence-electron chi connectivity index (χ4n) is 2.20. The van der Waals surface area contributed by atoms with Crippen LogP contribution in [0.2, 0.25) is 0 Å². The summed E-state index contributed by atoms with van der Waals surface area (Å²) >= 11 is 0. The minimum absolute atomic E-state index is 0.223. The van der Waals surface area contributed by atoms with Gasteiger partial charge >= 0.3 is 0 Å². The van der Waals surface area contributed by atoms with Crippen molar-refractivity contribution in [2.24, 2.45) is 7.05 Å². The van der Waals surface area contributed by atoms with Gasteiger partial charge in [0.2, 0.25) is 0 Å². The van der Waals surface area contributed by atoms with E-state index in [1.807, 2.05) is 11.7 Å². The summed E-state index contributed by atoms with van der Waals surface area (Å²) in [6, 6.07) is 0. The minimum atomic E-state index is 0.223. The van der Waals surface area contributed by atoms with Crippen LogP contribution in [0.4, 0.5) is 0 Å². The fraction of sp³-hybridized carbons (Fsp3) is 0.636. The molecule has 0 radical (unpaired) electrons. The highest BCUT2D eigenvalue weighted by Gasteiger charge is 2.19. The number of fused-ring (bicyclic) bond motifs is 1. The van der Waals surface area contributed by atoms with Gasteiger partial charge in [-0.3, -0.25) is 9.48 Å². The summed E-state index contributed by atoms with van der Waals surface area (Å²) in [5, 5.41) is 4.47. The molecule has 0 spiro atoms. The third-order valence-electron chi connectivity index (χ3n) is 2.86. The molecule has 0 aliphatic heterocycles. The monoisotopic (exact) mass is 192 g/mol. The first kappa shape index (κ1) is 9.44. The standard InChI is InChI=1S/C11H16N2O/c1-8(14)7-11-9-5-3-4-6-10(9)12-13(11)2/h3-7H2,1-2H3. The van der Waals surface area contributed by atoms with Crippen LogP contribution in [-0.4, -0.2) is 15.6 Å². The van der Waals surface area contributed by atoms with E-state index in [4.69, 9.17) is 0 Å². The summed E-state index contributed by atoms with van der Waals surface area (Å²) in [6.07, 6.45) is 5.21. The van der Waals surface area contributed by atoms with Crippen molar-refractivity contribution in [1.82, 2.24) is 9.78 Å². The van der Waals surface area contributed by atoms with E-state index in [0.717, 1.165) is 18.5 Å². The Labute approximate surface area is 84.1 Å². The average molecular weight is 192 g/mol. The van der Waals surface area contributed by atoms with E-state index in [0.29, 0.717) is 6.42 Å². The second-order valence-electron chi connectivity index (χ2n) is 4.08. The SMILES string of the molecule is CC(=O)Cc1c2c(nn1C)CCCC2. The van der Waals surface area contributed by atoms with Gasteiger partial charge in [0, 0.05) is 19.2 Å². The Balaban J connectivity index is 2.37. The van der Waals surface area contributed by atoms with Crippen molar-refractivity contribution in [1.29, 1.82) is 0 Å². The number of aryl methyl sites for hydroxylation is 2. The molecule has 2 rings (SSSR count). The molecule has 1 aliphatic rings. The van der Waals surface area contributed by atoms with E-state index in [1.165, 1.54) is 24.1 Å². The van der Waals surface area contributed by atoms with E-state index in [9.17, 15) is 4.79 Å². The van der Waals surface area contributed by atoms with Crippen LogP contribution in [0.15, 0.2) is 0 Å². The third-order valence-corrected chi connectivity index (χ3v) is 2.86. The number of ketones is 1. The molecule has 0 bridgehead atoms. The second kappa shape index (κ2) is 3.56. The normalized spacial score (nSPS) is 15.3. The Bertz CT molecular complexity index is 366. The lowest BCUT2D eigenvalue weighted by Gasteiger charge is -2.10. The highest BCUT2D eigenvalue weighted by atomic mass is 16.1. The molecule has 0 amide bonds. The van der Waals surface area contributed by atoms with Crippen molar-refractivity contribution in [2.45, 2.75) is 39.0 Å². The van der Waals surface area contributed by atoms with Gasteiger partial charge in [0.15, 0.2) is 0 Å². The van der Waals surface area contributed by atoms with Crippen LogP contribution in [0, 0.1) is 0 Å². The first-order chi connectivity index (χ1) is 6.68. The van der Waals surface area contributed by atoms with Crippen LogP contribution in [0.3, 0.4) is 0 Å². The lowest BCUT2D eigenvalue weighted by atomic mass is 9.94. The molecule has 1 aliphatic carbocycles. The molecular weight excluding hydrogens is 176 g/mol. The van der Waals surface area contributed by atoms with E-state index >= 15 is 0 Å². The second-order valence-corrected chi connectivity index (χ2v) is 4.08. The van der Waals surface area contributed by atoms with Crippen LogP contribution in [0.25, 0.3) is 0 Å². The van der Waals surface area contributed by atoms with E-state index < -0.39 is 0 Å². The Morgan fingerprint density at radius 1 is 1.43 bits per heavy atom. The van der Waals surface area contributed by atoms with Crippen molar-refractivity contribution in [3.05, 3.63) is 17.0 Å². The van der Waals surface area contributed by atoms with Gasteiger partial charge in [-0.25, -0.2) is 0 Å². The highest BCUT2D eigenvalue weighted by Crippen LogP contribution is 2.23. The predicted octanol–water partition coefficient (Wildman–Crippen LogP) is 1.43. The molecule has 3 heteroatoms. The van der Waals surface area contributed by atoms with Crippen LogP contribution < -0.4 is 0 Å². The molecule has 0 unspecified atom stereocenters. The zero-order chi connectivity index (χ0) is 10.1. The van der Waals surface area contributed by atoms with Gasteiger partial charge in [0.1, 0.15) is 5.78 Å². The number of hydrogen-bond acceptors (Lipinski definition) is 2. The number of carbonyl (C=O) groups excluding carboxylic acids is 1. The molecule has 3 nitrogen and oxygen atoms in total. The maximum absolute atomic E-state index is 11.1. The summed E-state index contributed by atoms with van der Waals surface area (Å²) in [5.41, 5.74) is 3.69. The van der Waals surface area contributed by atoms with Crippen molar-refractivity contribution < 1.29 is 4.79 Å². The van der Waals surface area contributed by atoms with Gasteiger partial charge in [-0.05, 0) is 38.2 Å². The molecule has 0 saturated heterocycles. The number of aromatic nitrogens is 2. The first-order valence-corrected chi connectivity index (χ1v) is 5.21. The van der Waals surface area contributed by atoms with Crippen molar-refractivity contribution in [3.8, 4) is 0 Å². The Morgan fingerprint density at radius 3 is 2.86 bits per heavy atom. The maximum atomic E-state index is 11.1. The molecule has 0 atom stereocenters. The van der Waals surface area contributed by atoms with Gasteiger partial charge in [0.05, 0.1) is 5.69 Å². The zero-order valence-electron chi connectivity index (χ0n) is 8.84. The first-order valence-electron chi connectivity index (χ1n) is 5.21. The van der Waals surface area contributed by atoms with Crippen LogP contribution in [0.1, 0.15) is 36.7 Å². The molecule has 0 N–H and O–H groups in total. The summed E-state index contributed by atoms with van der Waals surface area (Å²) in [4.78, 5) is 11.1. The molecule has 0 fully saturated rings. The molecular formula is C11H16N2O. The average Bonchev–Trinajstić information content (AvgIpc) is 2.43. The lowest BCUT2D eigenvalue weighted by molar-refractivity contribution is -0.116. The summed E-state index contributed by atoms with van der Waals surface area (Å²) in [5.74, 6) is 0.223. The molecule has 14 heavy (non-hydrogen) atoms. The van der Waals surface area contributed by atoms with Gasteiger partial charge in [-0.1, -0.05) is 0 Å². The number of rotatable bonds is 2. The minimum Gasteiger partial charge on any atom is -0.300 e. The molecule has 1 heterocycles. The lowest BCUT2D eigenvalue weighted by Crippen LogP contribution is -2.07. The number of nitrogens with zero attached hydrogens (tertiary/aromatic N) is 2. The molecule has 1 aromatic heterocycles. The Kier molecular flexibility index (Phi) is 2.40. The Hall–Kier alpha value is -1.12. The zero-order valence-corrected chi connectivity index (χ0v) is 8.84. The fourth-order valence-corrected chi connectivity index (χ4v) is 2.20. The summed E-state index contributed by atoms with van der Waals surface area (Å²) < 4.78 is 1.89. The Morgan fingerprint density at radius 2 is 2.14 bits per heavy atom. The largest absolute Gasteiger partial charge is 0.300 e. The van der Waals surface area contributed by atoms with Crippen LogP contribution in [-0.2, 0) is 31.1 Å². The number of carbonyl (C=O) groups is 1. The van der Waals surface area contributed by atoms with Gasteiger partial charge < -0.3 is 0 Å². The predicted molar refractivity (Wildman–Crippen MR) is 54.2 cm³/mol. The molecule has 76 valence electrons. The summed E-state index contributed by atoms with van der Waals surface area (Å²) in [7, 11) is 1.94. The molecule has 0 aromatic carbocycles. The smallest absolute Gasteiger partial charge is 0.135 e. The van der Waals surface area contributed by atoms with Gasteiger partial charge in [-0.2, -0.15) is 5.10 Å². The van der Waals surface area contributed by atoms with Gasteiger partial charge in [-0.15, -0.1) is 0 Å². The van der Waals surface area contributed by atoms with Gasteiger partial charge in [0.25, 0.3) is 0 Å². The van der Waals surface area contributed by atoms with Crippen molar-refractivity contribution in [3.63, 3.8) is 0 Å². The van der Waals surface area contributed by atoms with E-state index in [2.05, 4.69) is 5.10 Å². The summed E-state index contributed by atoms with van der Waals surface area (Å²) in [6.45, 7) is 1.64. The van der Waals surface area contributed by atoms with Crippen molar-refractivity contribution >= 4 is 5.78 Å². The topological polar surface area (TPSA) is 34.9 Å². The van der Waals surface area contributed by atoms with E-state index in [-0.39, 0.29) is 5.78 Å². The van der Waals surface area contributed by atoms with Crippen molar-refractivity contribution in [2.75, 3.05) is 0 Å².